The minimum absolute atomic E-state index is 0.0343. The zero-order valence-electron chi connectivity index (χ0n) is 29.4. The number of carboxylic acid groups (broad SMARTS) is 1. The fraction of sp³-hybridized carbons (Fsp3) is 0.771. The Kier molecular flexibility index (Phi) is 19.1. The lowest BCUT2D eigenvalue weighted by atomic mass is 9.87. The number of unbranched alkanes of at least 4 members (excludes halogenated alkanes) is 2. The molecule has 0 aromatic heterocycles. The molecule has 6 atom stereocenters. The fourth-order valence-corrected chi connectivity index (χ4v) is 6.51. The van der Waals surface area contributed by atoms with Crippen LogP contribution in [0, 0.1) is 17.8 Å². The number of nitrogens with two attached hydrogens (primary N) is 3. The van der Waals surface area contributed by atoms with Gasteiger partial charge in [-0.25, -0.2) is 0 Å². The van der Waals surface area contributed by atoms with Crippen molar-refractivity contribution in [2.75, 3.05) is 13.1 Å². The average Bonchev–Trinajstić information content (AvgIpc) is 3.56. The largest absolute Gasteiger partial charge is 0.481 e. The van der Waals surface area contributed by atoms with Gasteiger partial charge in [-0.15, -0.1) is 0 Å². The van der Waals surface area contributed by atoms with Crippen LogP contribution in [0.4, 0.5) is 0 Å². The summed E-state index contributed by atoms with van der Waals surface area (Å²) in [4.78, 5) is 79.6. The molecule has 0 aromatic carbocycles. The lowest BCUT2D eigenvalue weighted by molar-refractivity contribution is -0.144. The maximum Gasteiger partial charge on any atom is 0.306 e. The maximum atomic E-state index is 13.9. The first kappa shape index (κ1) is 41.8. The van der Waals surface area contributed by atoms with Crippen molar-refractivity contribution in [1.29, 1.82) is 0 Å². The van der Waals surface area contributed by atoms with Crippen LogP contribution in [0.5, 0.6) is 0 Å². The Morgan fingerprint density at radius 2 is 1.41 bits per heavy atom. The van der Waals surface area contributed by atoms with E-state index >= 15 is 0 Å². The highest BCUT2D eigenvalue weighted by Gasteiger charge is 2.34. The lowest BCUT2D eigenvalue weighted by Crippen LogP contribution is -2.58. The van der Waals surface area contributed by atoms with Crippen LogP contribution in [-0.4, -0.2) is 83.8 Å². The van der Waals surface area contributed by atoms with Crippen LogP contribution in [-0.2, 0) is 28.8 Å². The number of hydrogen-bond donors (Lipinski definition) is 8. The van der Waals surface area contributed by atoms with E-state index in [1.807, 2.05) is 13.8 Å². The molecule has 1 aliphatic heterocycles. The minimum Gasteiger partial charge on any atom is -0.481 e. The van der Waals surface area contributed by atoms with E-state index < -0.39 is 65.7 Å². The molecule has 0 bridgehead atoms. The monoisotopic (exact) mass is 691 g/mol. The van der Waals surface area contributed by atoms with E-state index in [-0.39, 0.29) is 43.3 Å². The van der Waals surface area contributed by atoms with Crippen molar-refractivity contribution in [3.05, 3.63) is 12.2 Å². The van der Waals surface area contributed by atoms with E-state index in [0.717, 1.165) is 25.7 Å². The number of Topliss-reactive ketones (excluding diaryl/α,β-unsaturated/α-hetero) is 1. The summed E-state index contributed by atoms with van der Waals surface area (Å²) in [5, 5.41) is 20.9. The normalized spacial score (nSPS) is 24.0. The van der Waals surface area contributed by atoms with Crippen molar-refractivity contribution >= 4 is 35.4 Å². The van der Waals surface area contributed by atoms with Gasteiger partial charge in [0, 0.05) is 6.42 Å². The quantitative estimate of drug-likeness (QED) is 0.0752. The molecular weight excluding hydrogens is 630 g/mol. The van der Waals surface area contributed by atoms with Crippen LogP contribution in [0.2, 0.25) is 0 Å². The number of nitrogens with one attached hydrogen (secondary N) is 4. The zero-order chi connectivity index (χ0) is 36.3. The van der Waals surface area contributed by atoms with Gasteiger partial charge in [0.2, 0.25) is 23.6 Å². The van der Waals surface area contributed by atoms with Crippen LogP contribution in [0.1, 0.15) is 110 Å². The predicted octanol–water partition coefficient (Wildman–Crippen LogP) is 1.15. The number of carbonyl (C=O) groups is 6. The summed E-state index contributed by atoms with van der Waals surface area (Å²) in [7, 11) is 0. The van der Waals surface area contributed by atoms with Crippen molar-refractivity contribution in [2.24, 2.45) is 35.0 Å². The molecule has 0 radical (unpaired) electrons. The summed E-state index contributed by atoms with van der Waals surface area (Å²) in [5.74, 6) is -4.21. The number of hydrogen-bond acceptors (Lipinski definition) is 9. The third kappa shape index (κ3) is 15.4. The molecule has 49 heavy (non-hydrogen) atoms. The first-order chi connectivity index (χ1) is 23.4. The Morgan fingerprint density at radius 3 is 1.96 bits per heavy atom. The van der Waals surface area contributed by atoms with E-state index in [1.165, 1.54) is 0 Å². The molecule has 2 rings (SSSR count). The molecule has 4 amide bonds. The van der Waals surface area contributed by atoms with Gasteiger partial charge in [-0.3, -0.25) is 28.8 Å². The molecule has 1 aliphatic carbocycles. The van der Waals surface area contributed by atoms with Crippen molar-refractivity contribution in [3.8, 4) is 0 Å². The summed E-state index contributed by atoms with van der Waals surface area (Å²) in [6.45, 7) is 4.61. The molecule has 0 aromatic rings. The summed E-state index contributed by atoms with van der Waals surface area (Å²) >= 11 is 0. The Bertz CT molecular complexity index is 1130. The van der Waals surface area contributed by atoms with Crippen molar-refractivity contribution in [2.45, 2.75) is 140 Å². The molecule has 0 spiro atoms. The third-order valence-corrected chi connectivity index (χ3v) is 9.36. The van der Waals surface area contributed by atoms with Crippen LogP contribution in [0.15, 0.2) is 12.2 Å². The molecular formula is C35H61N7O7. The third-order valence-electron chi connectivity index (χ3n) is 9.36. The number of rotatable bonds is 18. The van der Waals surface area contributed by atoms with Gasteiger partial charge in [0.15, 0.2) is 5.78 Å². The summed E-state index contributed by atoms with van der Waals surface area (Å²) < 4.78 is 0. The Hall–Kier alpha value is -3.36. The zero-order valence-corrected chi connectivity index (χ0v) is 29.4. The van der Waals surface area contributed by atoms with Crippen molar-refractivity contribution in [3.63, 3.8) is 0 Å². The van der Waals surface area contributed by atoms with Gasteiger partial charge in [0.1, 0.15) is 18.1 Å². The van der Waals surface area contributed by atoms with Gasteiger partial charge in [-0.2, -0.15) is 0 Å². The summed E-state index contributed by atoms with van der Waals surface area (Å²) in [6, 6.07) is -4.94. The van der Waals surface area contributed by atoms with Gasteiger partial charge < -0.3 is 43.6 Å². The second-order valence-electron chi connectivity index (χ2n) is 14.1. The second-order valence-corrected chi connectivity index (χ2v) is 14.1. The van der Waals surface area contributed by atoms with E-state index in [1.54, 1.807) is 12.2 Å². The van der Waals surface area contributed by atoms with Gasteiger partial charge >= 0.3 is 5.97 Å². The minimum atomic E-state index is -1.11. The highest BCUT2D eigenvalue weighted by molar-refractivity contribution is 5.96. The number of aliphatic carboxylic acids is 1. The van der Waals surface area contributed by atoms with Gasteiger partial charge in [-0.1, -0.05) is 51.7 Å². The molecule has 14 nitrogen and oxygen atoms in total. The standard InChI is InChI=1S/C35H61N7O7/c1-22(2)19-24(35(48)49)21-30(43)29(20-23-11-3-4-12-23)42-34(47)27-14-6-5-13-25(38)31(44)39-26(15-7-9-17-36)32(45)41-28(33(46)40-27)16-8-10-18-37/h5-6,22-29H,3-4,7-21,36-38H2,1-2H3,(H,39,44)(H,40,46)(H,41,45)(H,42,47)(H,48,49)/t24-,25+,26+,27+,28+,29+/m1/s1. The first-order valence-electron chi connectivity index (χ1n) is 18.1. The molecule has 1 saturated carbocycles. The highest BCUT2D eigenvalue weighted by Crippen LogP contribution is 2.30. The van der Waals surface area contributed by atoms with Crippen LogP contribution < -0.4 is 38.5 Å². The number of ketones is 1. The van der Waals surface area contributed by atoms with Crippen molar-refractivity contribution in [1.82, 2.24) is 21.3 Å². The fourth-order valence-electron chi connectivity index (χ4n) is 6.51. The van der Waals surface area contributed by atoms with E-state index in [9.17, 15) is 33.9 Å². The molecule has 1 fully saturated rings. The van der Waals surface area contributed by atoms with Gasteiger partial charge in [0.25, 0.3) is 0 Å². The summed E-state index contributed by atoms with van der Waals surface area (Å²) in [5.41, 5.74) is 17.4. The smallest absolute Gasteiger partial charge is 0.306 e. The molecule has 11 N–H and O–H groups in total. The second kappa shape index (κ2) is 22.4. The molecule has 14 heteroatoms. The highest BCUT2D eigenvalue weighted by atomic mass is 16.4. The van der Waals surface area contributed by atoms with Gasteiger partial charge in [0.05, 0.1) is 18.0 Å². The molecule has 0 unspecified atom stereocenters. The molecule has 278 valence electrons. The topological polar surface area (TPSA) is 249 Å². The Morgan fingerprint density at radius 1 is 0.857 bits per heavy atom. The molecule has 2 aliphatic rings. The van der Waals surface area contributed by atoms with Gasteiger partial charge in [-0.05, 0) is 89.1 Å². The number of carboxylic acids is 1. The Labute approximate surface area is 290 Å². The first-order valence-corrected chi connectivity index (χ1v) is 18.1. The maximum absolute atomic E-state index is 13.9. The van der Waals surface area contributed by atoms with Crippen LogP contribution in [0.3, 0.4) is 0 Å². The predicted molar refractivity (Wildman–Crippen MR) is 187 cm³/mol. The SMILES string of the molecule is CC(C)C[C@H](CC(=O)[C@H](CC1CCCC1)NC(=O)[C@@H]1CC=CC[C@H](N)C(=O)N[C@@H](CCCCN)C(=O)N[C@@H](CCCCN)C(=O)N1)C(=O)O. The lowest BCUT2D eigenvalue weighted by Gasteiger charge is -2.28. The van der Waals surface area contributed by atoms with E-state index in [0.29, 0.717) is 58.0 Å². The average molecular weight is 692 g/mol. The molecule has 1 heterocycles. The van der Waals surface area contributed by atoms with Crippen LogP contribution >= 0.6 is 0 Å². The Balaban J connectivity index is 2.37. The van der Waals surface area contributed by atoms with Crippen molar-refractivity contribution < 1.29 is 33.9 Å². The van der Waals surface area contributed by atoms with Crippen LogP contribution in [0.25, 0.3) is 0 Å². The molecule has 0 saturated heterocycles. The number of carbonyl (C=O) groups excluding carboxylic acids is 5. The van der Waals surface area contributed by atoms with E-state index in [2.05, 4.69) is 21.3 Å². The number of amides is 4. The summed E-state index contributed by atoms with van der Waals surface area (Å²) in [6.07, 6.45) is 10.8. The van der Waals surface area contributed by atoms with E-state index in [4.69, 9.17) is 17.2 Å².